The average molecular weight is 384 g/mol. The molecule has 0 aliphatic carbocycles. The Labute approximate surface area is 154 Å². The first-order chi connectivity index (χ1) is 11.8. The third kappa shape index (κ3) is 3.97. The summed E-state index contributed by atoms with van der Waals surface area (Å²) >= 11 is 0. The number of Topliss-reactive ketones (excluding diaryl/α,β-unsaturated/α-hetero) is 1. The summed E-state index contributed by atoms with van der Waals surface area (Å²) in [5.41, 5.74) is 10.2. The number of nitrogens with two attached hydrogens (primary N) is 2. The first kappa shape index (κ1) is 22.2. The third-order valence-electron chi connectivity index (χ3n) is 4.73. The first-order valence-electron chi connectivity index (χ1n) is 8.03. The van der Waals surface area contributed by atoms with Crippen LogP contribution in [0.2, 0.25) is 0 Å². The van der Waals surface area contributed by atoms with E-state index in [-0.39, 0.29) is 29.7 Å². The number of nitrogens with zero attached hydrogens (tertiary/aromatic N) is 2. The van der Waals surface area contributed by atoms with Crippen molar-refractivity contribution >= 4 is 23.5 Å². The fourth-order valence-corrected chi connectivity index (χ4v) is 3.34. The molecule has 2 fully saturated rings. The van der Waals surface area contributed by atoms with E-state index in [1.165, 1.54) is 17.4 Å². The summed E-state index contributed by atoms with van der Waals surface area (Å²) in [6.45, 7) is 0.304. The van der Waals surface area contributed by atoms with Gasteiger partial charge in [0.05, 0.1) is 18.8 Å². The number of β-lactam (4-membered cyclic amide) rings is 1. The molecule has 0 bridgehead atoms. The molecule has 2 saturated heterocycles. The van der Waals surface area contributed by atoms with E-state index in [9.17, 15) is 19.2 Å². The van der Waals surface area contributed by atoms with E-state index >= 15 is 0 Å². The molecule has 12 heteroatoms. The van der Waals surface area contributed by atoms with Gasteiger partial charge in [-0.2, -0.15) is 0 Å². The number of nitrogens with one attached hydrogen (secondary N) is 2. The quantitative estimate of drug-likeness (QED) is 0.281. The lowest BCUT2D eigenvalue weighted by atomic mass is 9.81. The van der Waals surface area contributed by atoms with Crippen molar-refractivity contribution in [3.05, 3.63) is 18.2 Å². The number of ketones is 1. The maximum atomic E-state index is 13.1. The van der Waals surface area contributed by atoms with Gasteiger partial charge in [-0.1, -0.05) is 0 Å². The number of H-pyrrole nitrogens is 1. The van der Waals surface area contributed by atoms with E-state index in [0.717, 1.165) is 0 Å². The van der Waals surface area contributed by atoms with Crippen LogP contribution in [0, 0.1) is 0 Å². The monoisotopic (exact) mass is 384 g/mol. The van der Waals surface area contributed by atoms with Gasteiger partial charge in [-0.05, 0) is 12.8 Å². The molecule has 27 heavy (non-hydrogen) atoms. The second-order valence-corrected chi connectivity index (χ2v) is 6.47. The molecule has 0 unspecified atom stereocenters. The van der Waals surface area contributed by atoms with Crippen molar-refractivity contribution in [2.75, 3.05) is 6.54 Å². The lowest BCUT2D eigenvalue weighted by molar-refractivity contribution is -0.150. The highest BCUT2D eigenvalue weighted by molar-refractivity contribution is 6.16. The number of carbonyl (C=O) groups excluding carboxylic acids is 4. The summed E-state index contributed by atoms with van der Waals surface area (Å²) in [5.74, 6) is -2.14. The summed E-state index contributed by atoms with van der Waals surface area (Å²) in [6, 6.07) is -1.58. The zero-order valence-corrected chi connectivity index (χ0v) is 14.5. The van der Waals surface area contributed by atoms with Crippen molar-refractivity contribution < 1.29 is 30.1 Å². The van der Waals surface area contributed by atoms with Gasteiger partial charge < -0.3 is 37.6 Å². The van der Waals surface area contributed by atoms with Gasteiger partial charge in [-0.15, -0.1) is 0 Å². The Balaban J connectivity index is 0.00000182. The predicted octanol–water partition coefficient (Wildman–Crippen LogP) is -4.07. The highest BCUT2D eigenvalue weighted by Crippen LogP contribution is 2.25. The van der Waals surface area contributed by atoms with Gasteiger partial charge in [0.1, 0.15) is 6.04 Å². The van der Waals surface area contributed by atoms with Crippen LogP contribution in [-0.2, 0) is 25.6 Å². The summed E-state index contributed by atoms with van der Waals surface area (Å²) in [5, 5.41) is 2.45. The van der Waals surface area contributed by atoms with Gasteiger partial charge in [0.15, 0.2) is 11.3 Å². The van der Waals surface area contributed by atoms with Crippen LogP contribution in [0.5, 0.6) is 0 Å². The third-order valence-corrected chi connectivity index (χ3v) is 4.73. The van der Waals surface area contributed by atoms with Gasteiger partial charge in [0, 0.05) is 24.9 Å². The van der Waals surface area contributed by atoms with Crippen molar-refractivity contribution in [1.29, 1.82) is 0 Å². The smallest absolute Gasteiger partial charge is 0.251 e. The Morgan fingerprint density at radius 3 is 2.52 bits per heavy atom. The number of aromatic nitrogens is 2. The van der Waals surface area contributed by atoms with Crippen LogP contribution in [0.15, 0.2) is 12.5 Å². The Morgan fingerprint density at radius 2 is 2.00 bits per heavy atom. The fourth-order valence-electron chi connectivity index (χ4n) is 3.34. The lowest BCUT2D eigenvalue weighted by Gasteiger charge is -2.37. The highest BCUT2D eigenvalue weighted by atomic mass is 16.2. The van der Waals surface area contributed by atoms with E-state index in [4.69, 9.17) is 11.5 Å². The zero-order chi connectivity index (χ0) is 18.2. The van der Waals surface area contributed by atoms with E-state index in [1.807, 2.05) is 0 Å². The predicted molar refractivity (Wildman–Crippen MR) is 91.9 cm³/mol. The molecule has 12 nitrogen and oxygen atoms in total. The molecule has 0 aromatic carbocycles. The second-order valence-electron chi connectivity index (χ2n) is 6.47. The molecular formula is C15H24N6O6. The zero-order valence-electron chi connectivity index (χ0n) is 14.5. The number of amides is 3. The van der Waals surface area contributed by atoms with Crippen LogP contribution in [-0.4, -0.2) is 73.5 Å². The molecule has 2 aliphatic rings. The van der Waals surface area contributed by atoms with Crippen LogP contribution in [0.25, 0.3) is 0 Å². The van der Waals surface area contributed by atoms with Crippen LogP contribution >= 0.6 is 0 Å². The van der Waals surface area contributed by atoms with E-state index in [0.29, 0.717) is 25.1 Å². The Morgan fingerprint density at radius 1 is 1.33 bits per heavy atom. The number of carbonyl (C=O) groups is 4. The van der Waals surface area contributed by atoms with Crippen LogP contribution < -0.4 is 16.8 Å². The first-order valence-corrected chi connectivity index (χ1v) is 8.03. The Hall–Kier alpha value is -2.83. The van der Waals surface area contributed by atoms with Gasteiger partial charge in [-0.25, -0.2) is 4.98 Å². The Kier molecular flexibility index (Phi) is 6.78. The molecule has 2 aliphatic heterocycles. The van der Waals surface area contributed by atoms with Gasteiger partial charge >= 0.3 is 0 Å². The number of aromatic amines is 1. The maximum absolute atomic E-state index is 13.1. The fraction of sp³-hybridized carbons (Fsp3) is 0.533. The molecule has 0 radical (unpaired) electrons. The average Bonchev–Trinajstić information content (AvgIpc) is 3.21. The highest BCUT2D eigenvalue weighted by Gasteiger charge is 2.52. The number of hydrogen-bond donors (Lipinski definition) is 4. The second kappa shape index (κ2) is 8.24. The minimum absolute atomic E-state index is 0. The van der Waals surface area contributed by atoms with Gasteiger partial charge in [0.2, 0.25) is 11.8 Å². The summed E-state index contributed by atoms with van der Waals surface area (Å²) in [4.78, 5) is 56.7. The summed E-state index contributed by atoms with van der Waals surface area (Å²) < 4.78 is 0. The number of imidazole rings is 1. The molecule has 1 aromatic rings. The minimum Gasteiger partial charge on any atom is -0.412 e. The topological polar surface area (TPSA) is 227 Å². The molecule has 1 aromatic heterocycles. The van der Waals surface area contributed by atoms with E-state index < -0.39 is 35.2 Å². The largest absolute Gasteiger partial charge is 0.412 e. The Bertz CT molecular complexity index is 714. The molecule has 3 rings (SSSR count). The van der Waals surface area contributed by atoms with Crippen LogP contribution in [0.4, 0.5) is 0 Å². The van der Waals surface area contributed by atoms with Crippen molar-refractivity contribution in [3.63, 3.8) is 0 Å². The molecule has 0 spiro atoms. The number of primary amides is 1. The molecule has 10 N–H and O–H groups in total. The summed E-state index contributed by atoms with van der Waals surface area (Å²) in [6.07, 6.45) is 3.81. The minimum atomic E-state index is -1.91. The van der Waals surface area contributed by atoms with Crippen LogP contribution in [0.3, 0.4) is 0 Å². The van der Waals surface area contributed by atoms with Crippen molar-refractivity contribution in [2.24, 2.45) is 11.5 Å². The van der Waals surface area contributed by atoms with E-state index in [1.54, 1.807) is 0 Å². The van der Waals surface area contributed by atoms with Crippen molar-refractivity contribution in [2.45, 2.75) is 43.3 Å². The molecule has 150 valence electrons. The number of rotatable bonds is 6. The van der Waals surface area contributed by atoms with E-state index in [2.05, 4.69) is 15.3 Å². The maximum Gasteiger partial charge on any atom is 0.251 e. The summed E-state index contributed by atoms with van der Waals surface area (Å²) in [7, 11) is 0. The molecule has 3 amide bonds. The SMILES string of the molecule is NC(=O)[C@@H]1CCCN1C(=O)[C@@](N)(Cc1cnc[nH]1)C(=O)[C@@H]1CC(=O)N1.O.O. The molecule has 3 atom stereocenters. The number of hydrogen-bond acceptors (Lipinski definition) is 6. The normalized spacial score (nSPS) is 23.1. The molecular weight excluding hydrogens is 360 g/mol. The standard InChI is InChI=1S/C15H20N6O4.2H2O/c16-13(24)10-2-1-3-21(10)14(25)15(17,5-8-6-18-7-19-8)12(23)9-4-11(22)20-9;;/h6-7,9-10H,1-5,17H2,(H2,16,24)(H,18,19)(H,20,22);2*1H2/t9-,10-,15+;;/m0../s1. The lowest BCUT2D eigenvalue weighted by Crippen LogP contribution is -2.70. The molecule has 0 saturated carbocycles. The van der Waals surface area contributed by atoms with Crippen molar-refractivity contribution in [1.82, 2.24) is 20.2 Å². The van der Waals surface area contributed by atoms with Gasteiger partial charge in [-0.3, -0.25) is 19.2 Å². The van der Waals surface area contributed by atoms with Crippen LogP contribution in [0.1, 0.15) is 25.0 Å². The van der Waals surface area contributed by atoms with Gasteiger partial charge in [0.25, 0.3) is 5.91 Å². The van der Waals surface area contributed by atoms with Crippen molar-refractivity contribution in [3.8, 4) is 0 Å². The number of likely N-dealkylation sites (tertiary alicyclic amines) is 1. The molecule has 3 heterocycles.